The van der Waals surface area contributed by atoms with Crippen molar-refractivity contribution in [1.29, 1.82) is 0 Å². The van der Waals surface area contributed by atoms with Gasteiger partial charge in [0.1, 0.15) is 26.2 Å². The minimum absolute atomic E-state index is 0.665. The fourth-order valence-corrected chi connectivity index (χ4v) is 2.08. The van der Waals surface area contributed by atoms with Crippen molar-refractivity contribution in [2.75, 3.05) is 107 Å². The summed E-state index contributed by atoms with van der Waals surface area (Å²) in [6.45, 7) is 14.1. The average molecular weight is 351 g/mol. The predicted octanol–water partition coefficient (Wildman–Crippen LogP) is 1.25. The molecule has 146 valence electrons. The van der Waals surface area contributed by atoms with Gasteiger partial charge < -0.3 is 27.9 Å². The summed E-state index contributed by atoms with van der Waals surface area (Å²) in [6, 6.07) is 0. The van der Waals surface area contributed by atoms with E-state index in [0.29, 0.717) is 13.2 Å². The highest BCUT2D eigenvalue weighted by atomic mass is 16.5. The molecule has 0 aliphatic rings. The molecule has 0 aliphatic carbocycles. The molecule has 0 saturated carbocycles. The lowest BCUT2D eigenvalue weighted by molar-refractivity contribution is -0.891. The molecule has 0 aromatic heterocycles. The van der Waals surface area contributed by atoms with Gasteiger partial charge >= 0.3 is 0 Å². The van der Waals surface area contributed by atoms with Gasteiger partial charge in [0.05, 0.1) is 67.8 Å². The highest BCUT2D eigenvalue weighted by Crippen LogP contribution is 1.98. The lowest BCUT2D eigenvalue weighted by Gasteiger charge is -2.29. The largest absolute Gasteiger partial charge is 0.376 e. The van der Waals surface area contributed by atoms with Crippen LogP contribution in [0.4, 0.5) is 0 Å². The first-order chi connectivity index (χ1) is 11.3. The molecule has 0 bridgehead atoms. The van der Waals surface area contributed by atoms with Crippen LogP contribution >= 0.6 is 0 Å². The van der Waals surface area contributed by atoms with Gasteiger partial charge in [-0.25, -0.2) is 0 Å². The third-order valence-electron chi connectivity index (χ3n) is 4.14. The number of nitrogens with zero attached hydrogens (tertiary/aromatic N) is 2. The van der Waals surface area contributed by atoms with Crippen molar-refractivity contribution >= 4 is 0 Å². The first-order valence-corrected chi connectivity index (χ1v) is 9.28. The summed E-state index contributed by atoms with van der Waals surface area (Å²) in [6.07, 6.45) is 0. The molecule has 0 N–H and O–H groups in total. The molecule has 0 aromatic rings. The molecular weight excluding hydrogens is 308 g/mol. The van der Waals surface area contributed by atoms with Gasteiger partial charge in [-0.3, -0.25) is 0 Å². The standard InChI is InChI=1S/C18H42N2O4/c1-7-21-13-9-19(3,4)11-15-23-17-18-24-16-12-20(5,6)10-14-22-8-2/h7-18H2,1-6H3/q+2. The summed E-state index contributed by atoms with van der Waals surface area (Å²) < 4.78 is 24.0. The SMILES string of the molecule is CCOCC[N+](C)(C)CCOCCOCC[N+](C)(C)CCOCC. The second-order valence-corrected chi connectivity index (χ2v) is 7.38. The normalized spacial score (nSPS) is 12.8. The first kappa shape index (κ1) is 23.8. The van der Waals surface area contributed by atoms with Gasteiger partial charge in [0.25, 0.3) is 0 Å². The van der Waals surface area contributed by atoms with Gasteiger partial charge in [0.15, 0.2) is 0 Å². The Morgan fingerprint density at radius 3 is 1.04 bits per heavy atom. The van der Waals surface area contributed by atoms with Gasteiger partial charge in [-0.2, -0.15) is 0 Å². The lowest BCUT2D eigenvalue weighted by Crippen LogP contribution is -2.45. The van der Waals surface area contributed by atoms with Crippen LogP contribution in [0.2, 0.25) is 0 Å². The van der Waals surface area contributed by atoms with E-state index in [1.807, 2.05) is 13.8 Å². The Morgan fingerprint density at radius 2 is 0.750 bits per heavy atom. The van der Waals surface area contributed by atoms with Crippen molar-refractivity contribution in [1.82, 2.24) is 0 Å². The monoisotopic (exact) mass is 350 g/mol. The van der Waals surface area contributed by atoms with E-state index >= 15 is 0 Å². The molecular formula is C18H42N2O4+2. The molecule has 6 heteroatoms. The van der Waals surface area contributed by atoms with Gasteiger partial charge in [0, 0.05) is 13.2 Å². The molecule has 0 radical (unpaired) electrons. The topological polar surface area (TPSA) is 36.9 Å². The Bertz CT molecular complexity index is 258. The van der Waals surface area contributed by atoms with Gasteiger partial charge in [-0.05, 0) is 13.8 Å². The number of likely N-dealkylation sites (N-methyl/N-ethyl adjacent to an activating group) is 2. The Kier molecular flexibility index (Phi) is 13.8. The van der Waals surface area contributed by atoms with E-state index in [1.54, 1.807) is 0 Å². The summed E-state index contributed by atoms with van der Waals surface area (Å²) in [7, 11) is 8.84. The highest BCUT2D eigenvalue weighted by Gasteiger charge is 2.15. The van der Waals surface area contributed by atoms with Crippen LogP contribution in [-0.2, 0) is 18.9 Å². The van der Waals surface area contributed by atoms with Gasteiger partial charge in [-0.1, -0.05) is 0 Å². The van der Waals surface area contributed by atoms with E-state index in [4.69, 9.17) is 18.9 Å². The fraction of sp³-hybridized carbons (Fsp3) is 1.00. The second kappa shape index (κ2) is 14.0. The van der Waals surface area contributed by atoms with Crippen molar-refractivity contribution in [2.24, 2.45) is 0 Å². The third-order valence-corrected chi connectivity index (χ3v) is 4.14. The molecule has 0 aliphatic heterocycles. The van der Waals surface area contributed by atoms with E-state index < -0.39 is 0 Å². The first-order valence-electron chi connectivity index (χ1n) is 9.28. The molecule has 0 amide bonds. The van der Waals surface area contributed by atoms with Crippen molar-refractivity contribution in [3.05, 3.63) is 0 Å². The second-order valence-electron chi connectivity index (χ2n) is 7.38. The molecule has 0 unspecified atom stereocenters. The van der Waals surface area contributed by atoms with Crippen molar-refractivity contribution in [3.63, 3.8) is 0 Å². The van der Waals surface area contributed by atoms with Crippen molar-refractivity contribution in [3.8, 4) is 0 Å². The molecule has 0 fully saturated rings. The van der Waals surface area contributed by atoms with Crippen LogP contribution in [0.25, 0.3) is 0 Å². The average Bonchev–Trinajstić information content (AvgIpc) is 2.50. The molecule has 6 nitrogen and oxygen atoms in total. The third kappa shape index (κ3) is 15.3. The van der Waals surface area contributed by atoms with Crippen LogP contribution in [-0.4, -0.2) is 116 Å². The Morgan fingerprint density at radius 1 is 0.458 bits per heavy atom. The van der Waals surface area contributed by atoms with Crippen LogP contribution < -0.4 is 0 Å². The van der Waals surface area contributed by atoms with Crippen LogP contribution in [0.5, 0.6) is 0 Å². The van der Waals surface area contributed by atoms with Gasteiger partial charge in [-0.15, -0.1) is 0 Å². The zero-order chi connectivity index (χ0) is 18.3. The highest BCUT2D eigenvalue weighted by molar-refractivity contribution is 4.39. The summed E-state index contributed by atoms with van der Waals surface area (Å²) in [5.74, 6) is 0. The molecule has 0 saturated heterocycles. The van der Waals surface area contributed by atoms with Gasteiger partial charge in [0.2, 0.25) is 0 Å². The summed E-state index contributed by atoms with van der Waals surface area (Å²) in [5.41, 5.74) is 0. The maximum absolute atomic E-state index is 5.68. The van der Waals surface area contributed by atoms with E-state index in [9.17, 15) is 0 Å². The fourth-order valence-electron chi connectivity index (χ4n) is 2.08. The molecule has 0 heterocycles. The zero-order valence-electron chi connectivity index (χ0n) is 17.0. The van der Waals surface area contributed by atoms with Crippen molar-refractivity contribution < 1.29 is 27.9 Å². The summed E-state index contributed by atoms with van der Waals surface area (Å²) in [4.78, 5) is 0. The maximum atomic E-state index is 5.68. The summed E-state index contributed by atoms with van der Waals surface area (Å²) in [5, 5.41) is 0. The van der Waals surface area contributed by atoms with E-state index in [1.165, 1.54) is 0 Å². The summed E-state index contributed by atoms with van der Waals surface area (Å²) >= 11 is 0. The van der Waals surface area contributed by atoms with E-state index in [-0.39, 0.29) is 0 Å². The Balaban J connectivity index is 3.50. The lowest BCUT2D eigenvalue weighted by atomic mass is 10.4. The molecule has 0 rings (SSSR count). The van der Waals surface area contributed by atoms with Crippen LogP contribution in [0.1, 0.15) is 13.8 Å². The maximum Gasteiger partial charge on any atom is 0.102 e. The zero-order valence-corrected chi connectivity index (χ0v) is 17.0. The van der Waals surface area contributed by atoms with Crippen LogP contribution in [0, 0.1) is 0 Å². The van der Waals surface area contributed by atoms with E-state index in [2.05, 4.69) is 28.2 Å². The number of hydrogen-bond donors (Lipinski definition) is 0. The number of rotatable bonds is 17. The van der Waals surface area contributed by atoms with Crippen molar-refractivity contribution in [2.45, 2.75) is 13.8 Å². The number of hydrogen-bond acceptors (Lipinski definition) is 4. The Hall–Kier alpha value is -0.240. The number of ether oxygens (including phenoxy) is 4. The molecule has 24 heavy (non-hydrogen) atoms. The number of quaternary nitrogens is 2. The predicted molar refractivity (Wildman–Crippen MR) is 98.3 cm³/mol. The van der Waals surface area contributed by atoms with Crippen LogP contribution in [0.15, 0.2) is 0 Å². The molecule has 0 aromatic carbocycles. The van der Waals surface area contributed by atoms with Crippen LogP contribution in [0.3, 0.4) is 0 Å². The quantitative estimate of drug-likeness (QED) is 0.292. The molecule has 0 spiro atoms. The minimum Gasteiger partial charge on any atom is -0.376 e. The van der Waals surface area contributed by atoms with E-state index in [0.717, 1.165) is 74.8 Å². The minimum atomic E-state index is 0.665. The Labute approximate surface area is 149 Å². The smallest absolute Gasteiger partial charge is 0.102 e. The molecule has 0 atom stereocenters.